The van der Waals surface area contributed by atoms with Crippen LogP contribution in [-0.2, 0) is 24.8 Å². The van der Waals surface area contributed by atoms with Crippen LogP contribution in [0.2, 0.25) is 0 Å². The Hall–Kier alpha value is -2.98. The quantitative estimate of drug-likeness (QED) is 0.661. The van der Waals surface area contributed by atoms with E-state index in [9.17, 15) is 21.6 Å². The fourth-order valence-electron chi connectivity index (χ4n) is 3.41. The van der Waals surface area contributed by atoms with E-state index in [-0.39, 0.29) is 16.3 Å². The average Bonchev–Trinajstić information content (AvgIpc) is 2.84. The van der Waals surface area contributed by atoms with Crippen molar-refractivity contribution in [2.75, 3.05) is 14.8 Å². The maximum atomic E-state index is 12.8. The molecule has 1 amide bonds. The second-order valence-corrected chi connectivity index (χ2v) is 11.2. The standard InChI is InChI=1S/C20H19N3O5S2/c1-20(2)13-29(25,26)23(19(20)24)15-8-10-16(11-9-15)30(27,28)22-17-7-3-5-14-6-4-12-21-18(14)17/h3-12,22H,13H2,1-2H3. The summed E-state index contributed by atoms with van der Waals surface area (Å²) >= 11 is 0. The smallest absolute Gasteiger partial charge is 0.261 e. The van der Waals surface area contributed by atoms with E-state index in [0.29, 0.717) is 11.2 Å². The van der Waals surface area contributed by atoms with E-state index in [1.807, 2.05) is 12.1 Å². The highest BCUT2D eigenvalue weighted by Gasteiger charge is 2.49. The summed E-state index contributed by atoms with van der Waals surface area (Å²) in [5, 5.41) is 0.786. The molecule has 0 unspecified atom stereocenters. The maximum Gasteiger partial charge on any atom is 0.261 e. The summed E-state index contributed by atoms with van der Waals surface area (Å²) in [6.07, 6.45) is 1.57. The molecule has 2 aromatic carbocycles. The molecule has 0 saturated carbocycles. The zero-order valence-corrected chi connectivity index (χ0v) is 17.9. The number of anilines is 2. The Labute approximate surface area is 174 Å². The van der Waals surface area contributed by atoms with Crippen LogP contribution < -0.4 is 9.03 Å². The molecule has 2 heterocycles. The van der Waals surface area contributed by atoms with Crippen molar-refractivity contribution >= 4 is 48.2 Å². The summed E-state index contributed by atoms with van der Waals surface area (Å²) in [6.45, 7) is 3.13. The van der Waals surface area contributed by atoms with Gasteiger partial charge in [0.1, 0.15) is 0 Å². The van der Waals surface area contributed by atoms with E-state index in [1.54, 1.807) is 38.2 Å². The molecule has 30 heavy (non-hydrogen) atoms. The number of amides is 1. The normalized spacial score (nSPS) is 17.9. The van der Waals surface area contributed by atoms with Crippen LogP contribution in [0, 0.1) is 5.41 Å². The summed E-state index contributed by atoms with van der Waals surface area (Å²) in [6, 6.07) is 13.9. The Morgan fingerprint density at radius 3 is 2.33 bits per heavy atom. The number of nitrogens with one attached hydrogen (secondary N) is 1. The number of benzene rings is 2. The number of nitrogens with zero attached hydrogens (tertiary/aromatic N) is 2. The lowest BCUT2D eigenvalue weighted by molar-refractivity contribution is -0.123. The van der Waals surface area contributed by atoms with E-state index >= 15 is 0 Å². The van der Waals surface area contributed by atoms with Crippen molar-refractivity contribution in [1.29, 1.82) is 0 Å². The summed E-state index contributed by atoms with van der Waals surface area (Å²) < 4.78 is 53.7. The summed E-state index contributed by atoms with van der Waals surface area (Å²) in [4.78, 5) is 16.7. The molecular weight excluding hydrogens is 426 g/mol. The number of sulfonamides is 2. The molecule has 1 saturated heterocycles. The number of rotatable bonds is 4. The molecule has 1 aliphatic rings. The Morgan fingerprint density at radius 1 is 1.03 bits per heavy atom. The van der Waals surface area contributed by atoms with Crippen LogP contribution in [0.15, 0.2) is 65.7 Å². The minimum Gasteiger partial charge on any atom is -0.277 e. The molecule has 0 bridgehead atoms. The minimum atomic E-state index is -3.95. The highest BCUT2D eigenvalue weighted by Crippen LogP contribution is 2.36. The zero-order chi connectivity index (χ0) is 21.7. The first-order valence-corrected chi connectivity index (χ1v) is 12.1. The second-order valence-electron chi connectivity index (χ2n) is 7.69. The van der Waals surface area contributed by atoms with Crippen molar-refractivity contribution < 1.29 is 21.6 Å². The molecule has 1 aromatic heterocycles. The number of carbonyl (C=O) groups is 1. The highest BCUT2D eigenvalue weighted by molar-refractivity contribution is 7.94. The predicted octanol–water partition coefficient (Wildman–Crippen LogP) is 2.74. The Balaban J connectivity index is 1.66. The van der Waals surface area contributed by atoms with Crippen molar-refractivity contribution in [2.24, 2.45) is 5.41 Å². The van der Waals surface area contributed by atoms with Crippen LogP contribution in [0.5, 0.6) is 0 Å². The van der Waals surface area contributed by atoms with Gasteiger partial charge in [0.05, 0.1) is 33.0 Å². The lowest BCUT2D eigenvalue weighted by Crippen LogP contribution is -2.32. The molecule has 0 atom stereocenters. The van der Waals surface area contributed by atoms with Gasteiger partial charge in [0.15, 0.2) is 0 Å². The number of para-hydroxylation sites is 1. The molecule has 156 valence electrons. The van der Waals surface area contributed by atoms with Crippen molar-refractivity contribution in [2.45, 2.75) is 18.7 Å². The van der Waals surface area contributed by atoms with Gasteiger partial charge in [-0.1, -0.05) is 18.2 Å². The van der Waals surface area contributed by atoms with Gasteiger partial charge in [-0.05, 0) is 50.2 Å². The van der Waals surface area contributed by atoms with Gasteiger partial charge in [-0.15, -0.1) is 0 Å². The molecule has 8 nitrogen and oxygen atoms in total. The van der Waals surface area contributed by atoms with Gasteiger partial charge in [-0.25, -0.2) is 21.1 Å². The fraction of sp³-hybridized carbons (Fsp3) is 0.200. The van der Waals surface area contributed by atoms with Crippen LogP contribution in [0.4, 0.5) is 11.4 Å². The van der Waals surface area contributed by atoms with Crippen molar-refractivity contribution in [3.05, 3.63) is 60.8 Å². The number of hydrogen-bond donors (Lipinski definition) is 1. The second kappa shape index (κ2) is 6.78. The third-order valence-corrected chi connectivity index (χ3v) is 8.24. The molecule has 1 aliphatic heterocycles. The first kappa shape index (κ1) is 20.3. The van der Waals surface area contributed by atoms with E-state index in [2.05, 4.69) is 9.71 Å². The van der Waals surface area contributed by atoms with Gasteiger partial charge >= 0.3 is 0 Å². The van der Waals surface area contributed by atoms with Crippen LogP contribution in [0.1, 0.15) is 13.8 Å². The molecule has 3 aromatic rings. The lowest BCUT2D eigenvalue weighted by Gasteiger charge is -2.18. The molecule has 0 spiro atoms. The van der Waals surface area contributed by atoms with Crippen LogP contribution in [0.25, 0.3) is 10.9 Å². The highest BCUT2D eigenvalue weighted by atomic mass is 32.2. The molecule has 0 aliphatic carbocycles. The summed E-state index contributed by atoms with van der Waals surface area (Å²) in [5.41, 5.74) is -0.0873. The maximum absolute atomic E-state index is 12.8. The predicted molar refractivity (Wildman–Crippen MR) is 114 cm³/mol. The Bertz CT molecular complexity index is 1360. The van der Waals surface area contributed by atoms with Gasteiger partial charge in [0.25, 0.3) is 10.0 Å². The first-order chi connectivity index (χ1) is 14.0. The van der Waals surface area contributed by atoms with E-state index in [1.165, 1.54) is 24.3 Å². The van der Waals surface area contributed by atoms with Crippen LogP contribution in [0.3, 0.4) is 0 Å². The fourth-order valence-corrected chi connectivity index (χ4v) is 6.59. The van der Waals surface area contributed by atoms with Crippen LogP contribution >= 0.6 is 0 Å². The van der Waals surface area contributed by atoms with Crippen molar-refractivity contribution in [3.63, 3.8) is 0 Å². The first-order valence-electron chi connectivity index (χ1n) is 9.05. The summed E-state index contributed by atoms with van der Waals surface area (Å²) in [5.74, 6) is -0.841. The summed E-state index contributed by atoms with van der Waals surface area (Å²) in [7, 11) is -7.76. The largest absolute Gasteiger partial charge is 0.277 e. The number of aromatic nitrogens is 1. The molecule has 4 rings (SSSR count). The molecule has 10 heteroatoms. The Kier molecular flexibility index (Phi) is 4.59. The zero-order valence-electron chi connectivity index (χ0n) is 16.2. The number of fused-ring (bicyclic) bond motifs is 1. The molecular formula is C20H19N3O5S2. The van der Waals surface area contributed by atoms with Crippen LogP contribution in [-0.4, -0.2) is 33.5 Å². The van der Waals surface area contributed by atoms with E-state index in [4.69, 9.17) is 0 Å². The molecule has 1 N–H and O–H groups in total. The SMILES string of the molecule is CC1(C)CS(=O)(=O)N(c2ccc(S(=O)(=O)Nc3cccc4cccnc34)cc2)C1=O. The van der Waals surface area contributed by atoms with Gasteiger partial charge in [-0.2, -0.15) is 0 Å². The minimum absolute atomic E-state index is 0.0671. The van der Waals surface area contributed by atoms with Gasteiger partial charge in [-0.3, -0.25) is 14.5 Å². The van der Waals surface area contributed by atoms with Gasteiger partial charge in [0.2, 0.25) is 15.9 Å². The van der Waals surface area contributed by atoms with Gasteiger partial charge < -0.3 is 0 Å². The lowest BCUT2D eigenvalue weighted by atomic mass is 9.95. The van der Waals surface area contributed by atoms with Gasteiger partial charge in [0, 0.05) is 11.6 Å². The van der Waals surface area contributed by atoms with Crippen molar-refractivity contribution in [1.82, 2.24) is 4.98 Å². The third kappa shape index (κ3) is 3.41. The van der Waals surface area contributed by atoms with E-state index in [0.717, 1.165) is 9.69 Å². The molecule has 1 fully saturated rings. The monoisotopic (exact) mass is 445 g/mol. The average molecular weight is 446 g/mol. The molecule has 0 radical (unpaired) electrons. The number of pyridine rings is 1. The number of hydrogen-bond acceptors (Lipinski definition) is 6. The topological polar surface area (TPSA) is 114 Å². The van der Waals surface area contributed by atoms with Crippen molar-refractivity contribution in [3.8, 4) is 0 Å². The third-order valence-electron chi connectivity index (χ3n) is 4.84. The Morgan fingerprint density at radius 2 is 1.70 bits per heavy atom. The van der Waals surface area contributed by atoms with E-state index < -0.39 is 31.4 Å². The number of carbonyl (C=O) groups excluding carboxylic acids is 1.